The van der Waals surface area contributed by atoms with Crippen molar-refractivity contribution in [3.8, 4) is 33.8 Å². The molecular weight excluding hydrogens is 1220 g/mol. The summed E-state index contributed by atoms with van der Waals surface area (Å²) in [5.41, 5.74) is 29.6. The molecule has 12 N–H and O–H groups in total. The van der Waals surface area contributed by atoms with Gasteiger partial charge in [0.15, 0.2) is 0 Å². The Balaban J connectivity index is 0.000000147. The van der Waals surface area contributed by atoms with Gasteiger partial charge in [-0.25, -0.2) is 29.9 Å². The Morgan fingerprint density at radius 2 is 1.06 bits per heavy atom. The van der Waals surface area contributed by atoms with Crippen LogP contribution in [0.3, 0.4) is 0 Å². The molecule has 0 saturated carbocycles. The third-order valence-corrected chi connectivity index (χ3v) is 14.5. The number of rotatable bonds is 4. The number of pyridine rings is 6. The summed E-state index contributed by atoms with van der Waals surface area (Å²) in [6, 6.07) is 36.4. The molecule has 11 heterocycles. The number of thiol groups is 1. The molecule has 86 heavy (non-hydrogen) atoms. The number of H-pyrrole nitrogens is 2. The zero-order chi connectivity index (χ0) is 62.0. The van der Waals surface area contributed by atoms with Gasteiger partial charge in [-0.1, -0.05) is 66.2 Å². The summed E-state index contributed by atoms with van der Waals surface area (Å²) in [6.07, 6.45) is 1.58. The number of nitrogen functional groups attached to an aromatic ring is 4. The Hall–Kier alpha value is -8.75. The number of hydrogen-bond acceptors (Lipinski definition) is 16. The van der Waals surface area contributed by atoms with Crippen LogP contribution < -0.4 is 39.0 Å². The van der Waals surface area contributed by atoms with E-state index in [0.717, 1.165) is 74.1 Å². The van der Waals surface area contributed by atoms with E-state index in [1.165, 1.54) is 36.4 Å². The van der Waals surface area contributed by atoms with Gasteiger partial charge in [0.1, 0.15) is 28.4 Å². The van der Waals surface area contributed by atoms with Crippen molar-refractivity contribution in [2.24, 2.45) is 4.30 Å². The van der Waals surface area contributed by atoms with Crippen molar-refractivity contribution in [1.82, 2.24) is 50.5 Å². The van der Waals surface area contributed by atoms with Crippen molar-refractivity contribution in [3.05, 3.63) is 183 Å². The molecule has 13 rings (SSSR count). The number of nitrogens with one attached hydrogen (secondary N) is 4. The van der Waals surface area contributed by atoms with E-state index in [0.29, 0.717) is 34.0 Å². The summed E-state index contributed by atoms with van der Waals surface area (Å²) >= 11 is 12.1. The number of carbonyl (C=O) groups is 2. The zero-order valence-corrected chi connectivity index (χ0v) is 49.6. The van der Waals surface area contributed by atoms with Gasteiger partial charge in [0.2, 0.25) is 23.8 Å². The number of aromatic nitrogens is 8. The molecule has 2 amide bonds. The van der Waals surface area contributed by atoms with Crippen LogP contribution in [0.1, 0.15) is 59.8 Å². The monoisotopic (exact) mass is 1270 g/mol. The number of benzene rings is 2. The van der Waals surface area contributed by atoms with Crippen molar-refractivity contribution in [2.75, 3.05) is 36.0 Å². The van der Waals surface area contributed by atoms with E-state index in [1.807, 2.05) is 88.4 Å². The van der Waals surface area contributed by atoms with E-state index in [2.05, 4.69) is 86.2 Å². The zero-order valence-electron chi connectivity index (χ0n) is 46.4. The molecule has 8 aromatic heterocycles. The van der Waals surface area contributed by atoms with Crippen LogP contribution >= 0.6 is 40.3 Å². The van der Waals surface area contributed by atoms with Gasteiger partial charge < -0.3 is 52.8 Å². The number of hydrogen-bond donors (Lipinski definition) is 9. The molecular formula is C58H54B2BrClF4N15O4S. The number of amides is 2. The summed E-state index contributed by atoms with van der Waals surface area (Å²) < 4.78 is 66.7. The summed E-state index contributed by atoms with van der Waals surface area (Å²) in [7, 11) is 3.59. The summed E-state index contributed by atoms with van der Waals surface area (Å²) in [4.78, 5) is 53.7. The third kappa shape index (κ3) is 15.2. The van der Waals surface area contributed by atoms with Crippen LogP contribution in [-0.4, -0.2) is 90.7 Å². The molecule has 10 aromatic rings. The average Bonchev–Trinajstić information content (AvgIpc) is 4.35. The van der Waals surface area contributed by atoms with E-state index in [9.17, 15) is 27.2 Å². The number of fused-ring (bicyclic) bond motifs is 4. The molecule has 3 aliphatic rings. The van der Waals surface area contributed by atoms with Crippen molar-refractivity contribution in [1.29, 1.82) is 0 Å². The molecule has 0 bridgehead atoms. The van der Waals surface area contributed by atoms with Crippen LogP contribution in [0.4, 0.5) is 40.8 Å². The van der Waals surface area contributed by atoms with E-state index in [-0.39, 0.29) is 46.1 Å². The van der Waals surface area contributed by atoms with Crippen molar-refractivity contribution < 1.29 is 36.5 Å². The maximum atomic E-state index is 14.3. The van der Waals surface area contributed by atoms with Gasteiger partial charge in [0, 0.05) is 76.1 Å². The third-order valence-electron chi connectivity index (χ3n) is 13.7. The molecule has 0 unspecified atom stereocenters. The summed E-state index contributed by atoms with van der Waals surface area (Å²) in [5.74, 6) is -1.85. The molecule has 0 aliphatic carbocycles. The Labute approximate surface area is 510 Å². The van der Waals surface area contributed by atoms with E-state index in [1.54, 1.807) is 30.3 Å². The molecule has 3 aliphatic heterocycles. The minimum atomic E-state index is -0.742. The number of aromatic amines is 2. The van der Waals surface area contributed by atoms with E-state index < -0.39 is 42.1 Å². The fourth-order valence-corrected chi connectivity index (χ4v) is 9.20. The van der Waals surface area contributed by atoms with E-state index >= 15 is 0 Å². The van der Waals surface area contributed by atoms with Crippen molar-refractivity contribution in [3.63, 3.8) is 0 Å². The number of anilines is 4. The molecule has 1 radical (unpaired) electrons. The molecule has 1 fully saturated rings. The van der Waals surface area contributed by atoms with Crippen molar-refractivity contribution in [2.45, 2.75) is 51.7 Å². The van der Waals surface area contributed by atoms with Crippen LogP contribution in [0.5, 0.6) is 0 Å². The Bertz CT molecular complexity index is 4110. The van der Waals surface area contributed by atoms with Crippen molar-refractivity contribution >= 4 is 117 Å². The second kappa shape index (κ2) is 27.5. The predicted molar refractivity (Wildman–Crippen MR) is 334 cm³/mol. The van der Waals surface area contributed by atoms with Gasteiger partial charge >= 0.3 is 31.9 Å². The molecule has 19 nitrogen and oxygen atoms in total. The van der Waals surface area contributed by atoms with Gasteiger partial charge in [-0.2, -0.15) is 17.6 Å². The van der Waals surface area contributed by atoms with Gasteiger partial charge in [-0.3, -0.25) is 9.59 Å². The van der Waals surface area contributed by atoms with Gasteiger partial charge in [-0.05, 0) is 116 Å². The maximum absolute atomic E-state index is 14.3. The first kappa shape index (κ1) is 63.3. The topological polar surface area (TPSA) is 302 Å². The fraction of sp³-hybridized carbons (Fsp3) is 0.172. The predicted octanol–water partition coefficient (Wildman–Crippen LogP) is 10.1. The number of para-hydroxylation sites is 2. The average molecular weight is 1270 g/mol. The molecule has 439 valence electrons. The van der Waals surface area contributed by atoms with E-state index in [4.69, 9.17) is 48.8 Å². The first-order valence-corrected chi connectivity index (χ1v) is 27.7. The normalized spacial score (nSPS) is 14.1. The quantitative estimate of drug-likeness (QED) is 0.0343. The second-order valence-corrected chi connectivity index (χ2v) is 21.5. The number of nitrogens with zero attached hydrogens (tertiary/aromatic N) is 7. The summed E-state index contributed by atoms with van der Waals surface area (Å²) in [6.45, 7) is 8.94. The van der Waals surface area contributed by atoms with Crippen LogP contribution in [0, 0.1) is 23.8 Å². The molecule has 0 atom stereocenters. The van der Waals surface area contributed by atoms with Crippen LogP contribution in [0.15, 0.2) is 136 Å². The van der Waals surface area contributed by atoms with Gasteiger partial charge in [0.25, 0.3) is 11.8 Å². The minimum absolute atomic E-state index is 0.0232. The SMILES string of the molecule is CC1(C)OB(c2ccc(N)nc2F)OC1(C)C.Nc1ccc(-c2ccc3cccc(-c4cc5c([nH]4)CCNC5=O)c3n2)c(F)n1.Nc1ccc(Br)c(F)n1.Nc1cccc(F)n1.O=C1NCCc2[nH]c(-c3cccc4ccc(Cl)nc34)cc21.[B]=NS. The molecule has 0 spiro atoms. The Morgan fingerprint density at radius 3 is 1.53 bits per heavy atom. The first-order chi connectivity index (χ1) is 40.9. The van der Waals surface area contributed by atoms with Crippen LogP contribution in [0.25, 0.3) is 55.6 Å². The molecule has 28 heteroatoms. The Kier molecular flexibility index (Phi) is 20.3. The van der Waals surface area contributed by atoms with Gasteiger partial charge in [0.05, 0.1) is 49.1 Å². The number of nitrogens with two attached hydrogens (primary N) is 4. The summed E-state index contributed by atoms with van der Waals surface area (Å²) in [5, 5.41) is 8.10. The molecule has 1 saturated heterocycles. The number of carbonyl (C=O) groups excluding carboxylic acids is 2. The van der Waals surface area contributed by atoms with Crippen LogP contribution in [0.2, 0.25) is 5.15 Å². The molecule has 2 aromatic carbocycles. The van der Waals surface area contributed by atoms with Crippen LogP contribution in [-0.2, 0) is 22.2 Å². The number of halogens is 6. The standard InChI is InChI=1S/C21H16FN5O.C16H12ClN3O.C11H16BFN2O2.C5H4BrFN2.C5H5FN2.BHNS/c22-20-13(5-7-18(23)27-20)15-6-4-11-2-1-3-12(19(11)26-15)17-10-14-16(25-17)8-9-24-21(14)28;17-14-5-4-9-2-1-3-10(15(9)20-14)13-8-11-12(19-13)6-7-18-16(11)21;1-10(2)11(3,4)17-12(16-10)7-5-6-8(14)15-9(7)13;6-3-1-2-4(8)9-5(3)7;6-4-2-1-3-5(7)8-4;1-2-3/h1-7,10,25H,8-9H2,(H2,23,27)(H,24,28);1-5,8,19H,6-7H2,(H,18,21);5-6H,1-4H3,(H2,14,15);1-2H,(H2,8,9);1-3H,(H2,7,8);3H. The second-order valence-electron chi connectivity index (χ2n) is 20.0. The first-order valence-electron chi connectivity index (χ1n) is 26.1. The van der Waals surface area contributed by atoms with Gasteiger partial charge in [-0.15, -0.1) is 0 Å². The fourth-order valence-electron chi connectivity index (χ4n) is 8.83. The Morgan fingerprint density at radius 1 is 0.581 bits per heavy atom.